The van der Waals surface area contributed by atoms with Crippen LogP contribution in [0.1, 0.15) is 53.9 Å². The molecule has 3 amide bonds. The Bertz CT molecular complexity index is 484. The van der Waals surface area contributed by atoms with Crippen LogP contribution >= 0.6 is 0 Å². The van der Waals surface area contributed by atoms with Gasteiger partial charge in [0.1, 0.15) is 0 Å². The molecule has 2 unspecified atom stereocenters. The van der Waals surface area contributed by atoms with E-state index < -0.39 is 16.2 Å². The predicted octanol–water partition coefficient (Wildman–Crippen LogP) is 1.71. The molecule has 2 rings (SSSR count). The fourth-order valence-electron chi connectivity index (χ4n) is 4.57. The van der Waals surface area contributed by atoms with Crippen LogP contribution in [0.25, 0.3) is 0 Å². The van der Waals surface area contributed by atoms with Gasteiger partial charge in [-0.25, -0.2) is 0 Å². The fraction of sp³-hybridized carbons (Fsp3) is 0.812. The second-order valence-corrected chi connectivity index (χ2v) is 8.01. The maximum atomic E-state index is 12.6. The number of hydrogen-bond donors (Lipinski definition) is 1. The Morgan fingerprint density at radius 2 is 1.48 bits per heavy atom. The first-order valence-electron chi connectivity index (χ1n) is 7.57. The number of fused-ring (bicyclic) bond motifs is 2. The zero-order chi connectivity index (χ0) is 16.2. The van der Waals surface area contributed by atoms with Gasteiger partial charge in [0.2, 0.25) is 17.7 Å². The molecule has 21 heavy (non-hydrogen) atoms. The molecule has 0 spiro atoms. The Kier molecular flexibility index (Phi) is 3.47. The van der Waals surface area contributed by atoms with E-state index in [-0.39, 0.29) is 23.8 Å². The lowest BCUT2D eigenvalue weighted by Crippen LogP contribution is -2.64. The smallest absolute Gasteiger partial charge is 0.234 e. The standard InChI is InChI=1S/C16H26N2O3/c1-10(2)17-11(19)14(3)7-15(4)9-16(5,8-14)13(21)18(6)12(15)20/h10H,7-9H2,1-6H3,(H,17,19). The van der Waals surface area contributed by atoms with Gasteiger partial charge in [0.15, 0.2) is 0 Å². The van der Waals surface area contributed by atoms with Crippen LogP contribution in [0.15, 0.2) is 0 Å². The monoisotopic (exact) mass is 294 g/mol. The minimum atomic E-state index is -0.682. The number of carbonyl (C=O) groups excluding carboxylic acids is 3. The maximum absolute atomic E-state index is 12.6. The highest BCUT2D eigenvalue weighted by atomic mass is 16.2. The molecule has 1 aliphatic heterocycles. The average molecular weight is 294 g/mol. The van der Waals surface area contributed by atoms with Gasteiger partial charge in [0.25, 0.3) is 0 Å². The van der Waals surface area contributed by atoms with Gasteiger partial charge in [-0.2, -0.15) is 0 Å². The van der Waals surface area contributed by atoms with E-state index in [0.717, 1.165) is 0 Å². The second-order valence-electron chi connectivity index (χ2n) is 8.01. The summed E-state index contributed by atoms with van der Waals surface area (Å²) in [6.07, 6.45) is 1.52. The van der Waals surface area contributed by atoms with Crippen molar-refractivity contribution in [3.8, 4) is 0 Å². The molecule has 2 bridgehead atoms. The second kappa shape index (κ2) is 4.55. The van der Waals surface area contributed by atoms with Crippen LogP contribution in [0.5, 0.6) is 0 Å². The van der Waals surface area contributed by atoms with Crippen molar-refractivity contribution in [2.75, 3.05) is 7.05 Å². The van der Waals surface area contributed by atoms with Gasteiger partial charge >= 0.3 is 0 Å². The highest BCUT2D eigenvalue weighted by Crippen LogP contribution is 2.58. The minimum absolute atomic E-state index is 0.0470. The Labute approximate surface area is 126 Å². The molecule has 0 radical (unpaired) electrons. The number of imide groups is 1. The zero-order valence-electron chi connectivity index (χ0n) is 13.9. The van der Waals surface area contributed by atoms with Crippen LogP contribution < -0.4 is 5.32 Å². The zero-order valence-corrected chi connectivity index (χ0v) is 13.9. The van der Waals surface area contributed by atoms with E-state index in [9.17, 15) is 14.4 Å². The van der Waals surface area contributed by atoms with E-state index >= 15 is 0 Å². The number of likely N-dealkylation sites (tertiary alicyclic amines) is 1. The lowest BCUT2D eigenvalue weighted by atomic mass is 9.51. The molecule has 1 saturated heterocycles. The van der Waals surface area contributed by atoms with Gasteiger partial charge in [0, 0.05) is 29.3 Å². The summed E-state index contributed by atoms with van der Waals surface area (Å²) < 4.78 is 0. The summed E-state index contributed by atoms with van der Waals surface area (Å²) >= 11 is 0. The number of nitrogens with zero attached hydrogens (tertiary/aromatic N) is 1. The van der Waals surface area contributed by atoms with E-state index in [1.165, 1.54) is 4.90 Å². The third-order valence-corrected chi connectivity index (χ3v) is 4.95. The molecule has 0 aromatic carbocycles. The van der Waals surface area contributed by atoms with Gasteiger partial charge in [0.05, 0.1) is 0 Å². The topological polar surface area (TPSA) is 66.5 Å². The summed E-state index contributed by atoms with van der Waals surface area (Å²) in [4.78, 5) is 38.9. The molecule has 1 N–H and O–H groups in total. The van der Waals surface area contributed by atoms with Crippen molar-refractivity contribution in [3.63, 3.8) is 0 Å². The van der Waals surface area contributed by atoms with Gasteiger partial charge in [-0.3, -0.25) is 19.3 Å². The van der Waals surface area contributed by atoms with Crippen molar-refractivity contribution in [2.24, 2.45) is 16.2 Å². The highest BCUT2D eigenvalue weighted by Gasteiger charge is 2.62. The van der Waals surface area contributed by atoms with E-state index in [1.807, 2.05) is 34.6 Å². The first-order valence-corrected chi connectivity index (χ1v) is 7.57. The molecule has 118 valence electrons. The van der Waals surface area contributed by atoms with Gasteiger partial charge in [-0.15, -0.1) is 0 Å². The largest absolute Gasteiger partial charge is 0.353 e. The molecule has 2 atom stereocenters. The Morgan fingerprint density at radius 1 is 1.05 bits per heavy atom. The van der Waals surface area contributed by atoms with E-state index in [2.05, 4.69) is 5.32 Å². The number of amides is 3. The molecule has 1 saturated carbocycles. The van der Waals surface area contributed by atoms with Crippen molar-refractivity contribution >= 4 is 17.7 Å². The van der Waals surface area contributed by atoms with Gasteiger partial charge in [-0.1, -0.05) is 20.8 Å². The molecule has 2 fully saturated rings. The summed E-state index contributed by atoms with van der Waals surface area (Å²) in [5.41, 5.74) is -1.96. The Hall–Kier alpha value is -1.39. The predicted molar refractivity (Wildman–Crippen MR) is 79.2 cm³/mol. The third-order valence-electron chi connectivity index (χ3n) is 4.95. The van der Waals surface area contributed by atoms with Crippen molar-refractivity contribution in [3.05, 3.63) is 0 Å². The number of piperidine rings is 1. The van der Waals surface area contributed by atoms with Gasteiger partial charge < -0.3 is 5.32 Å². The number of rotatable bonds is 2. The van der Waals surface area contributed by atoms with Crippen molar-refractivity contribution in [1.82, 2.24) is 10.2 Å². The normalized spacial score (nSPS) is 39.7. The minimum Gasteiger partial charge on any atom is -0.353 e. The first-order chi connectivity index (χ1) is 9.43. The SMILES string of the molecule is CC(C)NC(=O)C1(C)CC2(C)CC(C)(C1)C(=O)N(C)C2=O. The molecule has 2 aliphatic rings. The third kappa shape index (κ3) is 2.36. The molecule has 5 nitrogen and oxygen atoms in total. The Balaban J connectivity index is 2.41. The summed E-state index contributed by atoms with van der Waals surface area (Å²) in [5.74, 6) is -0.374. The highest BCUT2D eigenvalue weighted by molar-refractivity contribution is 6.04. The lowest BCUT2D eigenvalue weighted by Gasteiger charge is -2.55. The molecule has 5 heteroatoms. The number of hydrogen-bond acceptors (Lipinski definition) is 3. The summed E-state index contributed by atoms with van der Waals surface area (Å²) in [7, 11) is 1.55. The molecule has 0 aromatic heterocycles. The van der Waals surface area contributed by atoms with Crippen LogP contribution in [0.4, 0.5) is 0 Å². The molecular formula is C16H26N2O3. The molecule has 0 aromatic rings. The van der Waals surface area contributed by atoms with Crippen LogP contribution in [-0.4, -0.2) is 35.7 Å². The van der Waals surface area contributed by atoms with Crippen LogP contribution in [-0.2, 0) is 14.4 Å². The van der Waals surface area contributed by atoms with Crippen LogP contribution in [0.2, 0.25) is 0 Å². The van der Waals surface area contributed by atoms with Crippen molar-refractivity contribution < 1.29 is 14.4 Å². The number of nitrogens with one attached hydrogen (secondary N) is 1. The lowest BCUT2D eigenvalue weighted by molar-refractivity contribution is -0.178. The van der Waals surface area contributed by atoms with Gasteiger partial charge in [-0.05, 0) is 33.1 Å². The van der Waals surface area contributed by atoms with Crippen molar-refractivity contribution in [1.29, 1.82) is 0 Å². The fourth-order valence-corrected chi connectivity index (χ4v) is 4.57. The van der Waals surface area contributed by atoms with E-state index in [4.69, 9.17) is 0 Å². The van der Waals surface area contributed by atoms with Crippen molar-refractivity contribution in [2.45, 2.75) is 59.9 Å². The summed E-state index contributed by atoms with van der Waals surface area (Å²) in [6, 6.07) is 0.0470. The number of carbonyl (C=O) groups is 3. The first kappa shape index (κ1) is 16.0. The Morgan fingerprint density at radius 3 is 1.86 bits per heavy atom. The molecule has 1 heterocycles. The van der Waals surface area contributed by atoms with E-state index in [0.29, 0.717) is 19.3 Å². The molecular weight excluding hydrogens is 268 g/mol. The van der Waals surface area contributed by atoms with E-state index in [1.54, 1.807) is 7.05 Å². The summed E-state index contributed by atoms with van der Waals surface area (Å²) in [6.45, 7) is 9.48. The quantitative estimate of drug-likeness (QED) is 0.788. The maximum Gasteiger partial charge on any atom is 0.234 e. The average Bonchev–Trinajstić information content (AvgIpc) is 2.32. The molecule has 1 aliphatic carbocycles. The van der Waals surface area contributed by atoms with Crippen LogP contribution in [0.3, 0.4) is 0 Å². The summed E-state index contributed by atoms with van der Waals surface area (Å²) in [5, 5.41) is 2.94. The van der Waals surface area contributed by atoms with Crippen LogP contribution in [0, 0.1) is 16.2 Å².